The number of halogens is 1. The van der Waals surface area contributed by atoms with Gasteiger partial charge in [-0.1, -0.05) is 0 Å². The van der Waals surface area contributed by atoms with Crippen LogP contribution in [0.15, 0.2) is 27.8 Å². The second-order valence-corrected chi connectivity index (χ2v) is 5.33. The highest BCUT2D eigenvalue weighted by atomic mass is 19.1. The van der Waals surface area contributed by atoms with Crippen molar-refractivity contribution >= 4 is 10.9 Å². The number of aromatic nitrogens is 2. The van der Waals surface area contributed by atoms with E-state index in [9.17, 15) is 14.0 Å². The quantitative estimate of drug-likeness (QED) is 0.849. The maximum Gasteiger partial charge on any atom is 0.329 e. The fraction of sp³-hybridized carbons (Fsp3) is 0.429. The third-order valence-corrected chi connectivity index (χ3v) is 3.94. The number of nitrogens with one attached hydrogen (secondary N) is 1. The van der Waals surface area contributed by atoms with Crippen molar-refractivity contribution in [3.63, 3.8) is 0 Å². The fourth-order valence-electron chi connectivity index (χ4n) is 2.79. The largest absolute Gasteiger partial charge is 0.329 e. The summed E-state index contributed by atoms with van der Waals surface area (Å²) in [5.41, 5.74) is -0.537. The van der Waals surface area contributed by atoms with Crippen LogP contribution in [0.3, 0.4) is 0 Å². The van der Waals surface area contributed by atoms with Crippen LogP contribution in [0, 0.1) is 5.82 Å². The lowest BCUT2D eigenvalue weighted by Gasteiger charge is -2.29. The molecule has 6 heteroatoms. The molecule has 1 aromatic carbocycles. The molecule has 1 aromatic heterocycles. The van der Waals surface area contributed by atoms with E-state index in [-0.39, 0.29) is 17.1 Å². The number of nitrogens with zero attached hydrogens (tertiary/aromatic N) is 2. The summed E-state index contributed by atoms with van der Waals surface area (Å²) in [5.74, 6) is -0.468. The minimum Gasteiger partial charge on any atom is -0.307 e. The molecule has 2 aromatic rings. The zero-order valence-electron chi connectivity index (χ0n) is 11.2. The highest BCUT2D eigenvalue weighted by molar-refractivity contribution is 5.77. The number of rotatable bonds is 1. The second-order valence-electron chi connectivity index (χ2n) is 5.33. The smallest absolute Gasteiger partial charge is 0.307 e. The summed E-state index contributed by atoms with van der Waals surface area (Å²) in [5, 5.41) is 0.352. The van der Waals surface area contributed by atoms with Crippen LogP contribution in [0.4, 0.5) is 4.39 Å². The van der Waals surface area contributed by atoms with Gasteiger partial charge in [-0.25, -0.2) is 9.18 Å². The van der Waals surface area contributed by atoms with Crippen LogP contribution in [0.5, 0.6) is 0 Å². The molecule has 1 aliphatic heterocycles. The molecule has 106 valence electrons. The maximum absolute atomic E-state index is 13.2. The Hall–Kier alpha value is -1.95. The van der Waals surface area contributed by atoms with Gasteiger partial charge in [0.25, 0.3) is 5.56 Å². The molecule has 3 rings (SSSR count). The van der Waals surface area contributed by atoms with E-state index in [1.165, 1.54) is 22.8 Å². The van der Waals surface area contributed by atoms with Gasteiger partial charge in [0, 0.05) is 6.04 Å². The summed E-state index contributed by atoms with van der Waals surface area (Å²) in [6, 6.07) is 3.75. The zero-order chi connectivity index (χ0) is 14.3. The van der Waals surface area contributed by atoms with Gasteiger partial charge in [-0.2, -0.15) is 0 Å². The molecule has 0 bridgehead atoms. The molecule has 0 unspecified atom stereocenters. The van der Waals surface area contributed by atoms with Gasteiger partial charge in [0.1, 0.15) is 5.82 Å². The third-order valence-electron chi connectivity index (χ3n) is 3.94. The first kappa shape index (κ1) is 13.1. The number of H-pyrrole nitrogens is 1. The molecule has 0 aliphatic carbocycles. The minimum absolute atomic E-state index is 0.0862. The maximum atomic E-state index is 13.2. The fourth-order valence-corrected chi connectivity index (χ4v) is 2.79. The Kier molecular flexibility index (Phi) is 3.17. The summed E-state index contributed by atoms with van der Waals surface area (Å²) in [4.78, 5) is 29.3. The number of benzene rings is 1. The van der Waals surface area contributed by atoms with E-state index in [4.69, 9.17) is 0 Å². The highest BCUT2D eigenvalue weighted by Crippen LogP contribution is 2.19. The van der Waals surface area contributed by atoms with Crippen molar-refractivity contribution in [2.75, 3.05) is 20.1 Å². The predicted octanol–water partition coefficient (Wildman–Crippen LogP) is 1.10. The van der Waals surface area contributed by atoms with Crippen LogP contribution < -0.4 is 11.2 Å². The first-order valence-electron chi connectivity index (χ1n) is 6.69. The Morgan fingerprint density at radius 1 is 1.25 bits per heavy atom. The van der Waals surface area contributed by atoms with Crippen molar-refractivity contribution in [2.45, 2.75) is 18.9 Å². The van der Waals surface area contributed by atoms with Gasteiger partial charge in [0.05, 0.1) is 10.9 Å². The van der Waals surface area contributed by atoms with Gasteiger partial charge < -0.3 is 9.88 Å². The molecule has 1 N–H and O–H groups in total. The van der Waals surface area contributed by atoms with E-state index >= 15 is 0 Å². The summed E-state index contributed by atoms with van der Waals surface area (Å²) in [6.45, 7) is 1.72. The lowest BCUT2D eigenvalue weighted by atomic mass is 10.1. The molecule has 0 radical (unpaired) electrons. The van der Waals surface area contributed by atoms with Gasteiger partial charge in [-0.3, -0.25) is 9.36 Å². The number of piperidine rings is 1. The molecule has 0 saturated carbocycles. The number of aromatic amines is 1. The van der Waals surface area contributed by atoms with Crippen molar-refractivity contribution in [2.24, 2.45) is 0 Å². The van der Waals surface area contributed by atoms with Crippen LogP contribution in [-0.2, 0) is 0 Å². The van der Waals surface area contributed by atoms with Gasteiger partial charge in [0.2, 0.25) is 0 Å². The first-order valence-corrected chi connectivity index (χ1v) is 6.69. The van der Waals surface area contributed by atoms with E-state index in [0.29, 0.717) is 5.39 Å². The first-order chi connectivity index (χ1) is 9.56. The Bertz CT molecular complexity index is 757. The van der Waals surface area contributed by atoms with E-state index in [1.54, 1.807) is 0 Å². The summed E-state index contributed by atoms with van der Waals surface area (Å²) < 4.78 is 14.4. The van der Waals surface area contributed by atoms with Crippen LogP contribution in [0.2, 0.25) is 0 Å². The molecule has 0 amide bonds. The van der Waals surface area contributed by atoms with Gasteiger partial charge >= 0.3 is 5.69 Å². The molecular weight excluding hydrogens is 261 g/mol. The van der Waals surface area contributed by atoms with E-state index < -0.39 is 11.5 Å². The number of likely N-dealkylation sites (tertiary alicyclic amines) is 1. The van der Waals surface area contributed by atoms with Crippen LogP contribution in [-0.4, -0.2) is 34.6 Å². The third kappa shape index (κ3) is 2.16. The predicted molar refractivity (Wildman–Crippen MR) is 74.6 cm³/mol. The van der Waals surface area contributed by atoms with E-state index in [1.807, 2.05) is 7.05 Å². The minimum atomic E-state index is -0.468. The van der Waals surface area contributed by atoms with Gasteiger partial charge in [-0.05, 0) is 51.2 Å². The highest BCUT2D eigenvalue weighted by Gasteiger charge is 2.22. The molecule has 20 heavy (non-hydrogen) atoms. The van der Waals surface area contributed by atoms with Crippen LogP contribution >= 0.6 is 0 Å². The van der Waals surface area contributed by atoms with Crippen LogP contribution in [0.1, 0.15) is 18.9 Å². The standard InChI is InChI=1S/C14H16FN3O2/c1-17-6-4-10(5-7-17)18-13(19)11-3-2-9(15)8-12(11)16-14(18)20/h2-3,8,10H,4-7H2,1H3,(H,16,20). The Morgan fingerprint density at radius 2 is 1.95 bits per heavy atom. The van der Waals surface area contributed by atoms with Gasteiger partial charge in [0.15, 0.2) is 0 Å². The average Bonchev–Trinajstić information content (AvgIpc) is 2.40. The Labute approximate surface area is 114 Å². The van der Waals surface area contributed by atoms with E-state index in [2.05, 4.69) is 9.88 Å². The Balaban J connectivity index is 2.14. The number of hydrogen-bond donors (Lipinski definition) is 1. The van der Waals surface area contributed by atoms with Gasteiger partial charge in [-0.15, -0.1) is 0 Å². The molecule has 1 fully saturated rings. The summed E-state index contributed by atoms with van der Waals surface area (Å²) in [6.07, 6.45) is 1.54. The normalized spacial score (nSPS) is 17.7. The van der Waals surface area contributed by atoms with Crippen molar-refractivity contribution in [1.29, 1.82) is 0 Å². The molecule has 1 aliphatic rings. The monoisotopic (exact) mass is 277 g/mol. The lowest BCUT2D eigenvalue weighted by molar-refractivity contribution is 0.216. The Morgan fingerprint density at radius 3 is 2.65 bits per heavy atom. The van der Waals surface area contributed by atoms with Crippen molar-refractivity contribution in [3.8, 4) is 0 Å². The molecule has 5 nitrogen and oxygen atoms in total. The van der Waals surface area contributed by atoms with Crippen LogP contribution in [0.25, 0.3) is 10.9 Å². The molecule has 2 heterocycles. The number of hydrogen-bond acceptors (Lipinski definition) is 3. The summed E-state index contributed by atoms with van der Waals surface area (Å²) >= 11 is 0. The number of fused-ring (bicyclic) bond motifs is 1. The molecular formula is C14H16FN3O2. The van der Waals surface area contributed by atoms with Crippen molar-refractivity contribution < 1.29 is 4.39 Å². The lowest BCUT2D eigenvalue weighted by Crippen LogP contribution is -2.42. The zero-order valence-corrected chi connectivity index (χ0v) is 11.2. The topological polar surface area (TPSA) is 58.1 Å². The molecule has 1 saturated heterocycles. The van der Waals surface area contributed by atoms with Crippen molar-refractivity contribution in [3.05, 3.63) is 44.9 Å². The van der Waals surface area contributed by atoms with Crippen molar-refractivity contribution in [1.82, 2.24) is 14.5 Å². The van der Waals surface area contributed by atoms with E-state index in [0.717, 1.165) is 25.9 Å². The summed E-state index contributed by atoms with van der Waals surface area (Å²) in [7, 11) is 2.02. The average molecular weight is 277 g/mol. The second kappa shape index (κ2) is 4.86. The molecule has 0 spiro atoms. The SMILES string of the molecule is CN1CCC(n2c(=O)[nH]c3cc(F)ccc3c2=O)CC1. The molecule has 0 atom stereocenters.